The van der Waals surface area contributed by atoms with Crippen molar-refractivity contribution in [1.82, 2.24) is 0 Å². The number of nitrogens with one attached hydrogen (secondary N) is 1. The molecule has 5 nitrogen and oxygen atoms in total. The summed E-state index contributed by atoms with van der Waals surface area (Å²) in [6, 6.07) is 12.0. The minimum atomic E-state index is -0.589. The van der Waals surface area contributed by atoms with Gasteiger partial charge in [-0.25, -0.2) is 4.39 Å². The predicted octanol–water partition coefficient (Wildman–Crippen LogP) is 1.94. The lowest BCUT2D eigenvalue weighted by atomic mass is 10.2. The summed E-state index contributed by atoms with van der Waals surface area (Å²) in [6.07, 6.45) is 0. The second-order valence-electron chi connectivity index (χ2n) is 4.21. The summed E-state index contributed by atoms with van der Waals surface area (Å²) < 4.78 is 18.4. The highest BCUT2D eigenvalue weighted by molar-refractivity contribution is 5.96. The molecular weight excluding hydrogens is 275 g/mol. The summed E-state index contributed by atoms with van der Waals surface area (Å²) in [6.45, 7) is -0.346. The van der Waals surface area contributed by atoms with Crippen molar-refractivity contribution in [3.63, 3.8) is 0 Å². The normalized spacial score (nSPS) is 9.95. The van der Waals surface area contributed by atoms with E-state index in [-0.39, 0.29) is 17.9 Å². The number of anilines is 1. The minimum absolute atomic E-state index is 0.00135. The van der Waals surface area contributed by atoms with Crippen molar-refractivity contribution >= 4 is 17.5 Å². The van der Waals surface area contributed by atoms with Crippen LogP contribution in [0.3, 0.4) is 0 Å². The highest BCUT2D eigenvalue weighted by Crippen LogP contribution is 2.15. The van der Waals surface area contributed by atoms with Crippen LogP contribution >= 0.6 is 0 Å². The number of para-hydroxylation sites is 1. The Morgan fingerprint density at radius 2 is 1.90 bits per heavy atom. The third-order valence-electron chi connectivity index (χ3n) is 2.63. The van der Waals surface area contributed by atoms with E-state index in [2.05, 4.69) is 5.32 Å². The van der Waals surface area contributed by atoms with E-state index in [0.29, 0.717) is 5.69 Å². The van der Waals surface area contributed by atoms with Crippen molar-refractivity contribution < 1.29 is 18.7 Å². The number of hydrogen-bond donors (Lipinski definition) is 2. The topological polar surface area (TPSA) is 81.4 Å². The molecule has 2 rings (SSSR count). The van der Waals surface area contributed by atoms with E-state index in [1.807, 2.05) is 0 Å². The SMILES string of the molecule is NC(=O)c1cccc(NC(=O)COc2ccccc2F)c1. The first kappa shape index (κ1) is 14.5. The number of hydrogen-bond acceptors (Lipinski definition) is 3. The Morgan fingerprint density at radius 3 is 2.62 bits per heavy atom. The quantitative estimate of drug-likeness (QED) is 0.882. The van der Waals surface area contributed by atoms with Gasteiger partial charge in [0.05, 0.1) is 0 Å². The number of primary amides is 1. The molecule has 0 saturated carbocycles. The Labute approximate surface area is 120 Å². The van der Waals surface area contributed by atoms with Crippen LogP contribution in [-0.4, -0.2) is 18.4 Å². The van der Waals surface area contributed by atoms with Gasteiger partial charge in [-0.3, -0.25) is 9.59 Å². The second-order valence-corrected chi connectivity index (χ2v) is 4.21. The maximum absolute atomic E-state index is 13.3. The van der Waals surface area contributed by atoms with E-state index in [0.717, 1.165) is 0 Å². The highest BCUT2D eigenvalue weighted by atomic mass is 19.1. The van der Waals surface area contributed by atoms with Gasteiger partial charge in [-0.2, -0.15) is 0 Å². The summed E-state index contributed by atoms with van der Waals surface area (Å²) in [7, 11) is 0. The molecule has 0 radical (unpaired) electrons. The molecule has 3 N–H and O–H groups in total. The van der Waals surface area contributed by atoms with Gasteiger partial charge in [0.1, 0.15) is 0 Å². The number of benzene rings is 2. The Kier molecular flexibility index (Phi) is 4.50. The van der Waals surface area contributed by atoms with Crippen LogP contribution in [0.25, 0.3) is 0 Å². The molecule has 0 spiro atoms. The minimum Gasteiger partial charge on any atom is -0.481 e. The number of rotatable bonds is 5. The van der Waals surface area contributed by atoms with E-state index in [9.17, 15) is 14.0 Å². The molecule has 0 atom stereocenters. The second kappa shape index (κ2) is 6.51. The van der Waals surface area contributed by atoms with Gasteiger partial charge >= 0.3 is 0 Å². The van der Waals surface area contributed by atoms with Gasteiger partial charge in [0.25, 0.3) is 5.91 Å². The first-order valence-corrected chi connectivity index (χ1v) is 6.13. The fourth-order valence-corrected chi connectivity index (χ4v) is 1.65. The molecule has 2 aromatic rings. The Balaban J connectivity index is 1.95. The van der Waals surface area contributed by atoms with E-state index >= 15 is 0 Å². The van der Waals surface area contributed by atoms with Crippen molar-refractivity contribution in [3.05, 3.63) is 59.9 Å². The van der Waals surface area contributed by atoms with Crippen LogP contribution in [0.2, 0.25) is 0 Å². The molecule has 108 valence electrons. The smallest absolute Gasteiger partial charge is 0.262 e. The number of nitrogens with two attached hydrogens (primary N) is 1. The number of carbonyl (C=O) groups is 2. The molecule has 0 fully saturated rings. The Bertz CT molecular complexity index is 673. The van der Waals surface area contributed by atoms with Crippen LogP contribution in [0.5, 0.6) is 5.75 Å². The zero-order valence-electron chi connectivity index (χ0n) is 11.0. The highest BCUT2D eigenvalue weighted by Gasteiger charge is 2.08. The van der Waals surface area contributed by atoms with E-state index in [1.165, 1.54) is 30.3 Å². The van der Waals surface area contributed by atoms with Gasteiger partial charge in [-0.15, -0.1) is 0 Å². The Morgan fingerprint density at radius 1 is 1.14 bits per heavy atom. The third-order valence-corrected chi connectivity index (χ3v) is 2.63. The van der Waals surface area contributed by atoms with Gasteiger partial charge in [-0.1, -0.05) is 18.2 Å². The van der Waals surface area contributed by atoms with Crippen molar-refractivity contribution in [2.45, 2.75) is 0 Å². The molecule has 0 bridgehead atoms. The largest absolute Gasteiger partial charge is 0.481 e. The van der Waals surface area contributed by atoms with Crippen molar-refractivity contribution in [3.8, 4) is 5.75 Å². The molecular formula is C15H13FN2O3. The first-order chi connectivity index (χ1) is 10.1. The average molecular weight is 288 g/mol. The molecule has 0 aliphatic carbocycles. The fraction of sp³-hybridized carbons (Fsp3) is 0.0667. The molecule has 2 aromatic carbocycles. The van der Waals surface area contributed by atoms with Crippen LogP contribution in [0.15, 0.2) is 48.5 Å². The number of halogens is 1. The molecule has 0 heterocycles. The fourth-order valence-electron chi connectivity index (χ4n) is 1.65. The van der Waals surface area contributed by atoms with Crippen molar-refractivity contribution in [1.29, 1.82) is 0 Å². The van der Waals surface area contributed by atoms with Crippen molar-refractivity contribution in [2.75, 3.05) is 11.9 Å². The lowest BCUT2D eigenvalue weighted by molar-refractivity contribution is -0.118. The standard InChI is InChI=1S/C15H13FN2O3/c16-12-6-1-2-7-13(12)21-9-14(19)18-11-5-3-4-10(8-11)15(17)20/h1-8H,9H2,(H2,17,20)(H,18,19). The van der Waals surface area contributed by atoms with Gasteiger partial charge in [0, 0.05) is 11.3 Å². The van der Waals surface area contributed by atoms with Crippen LogP contribution in [0.4, 0.5) is 10.1 Å². The number of carbonyl (C=O) groups excluding carboxylic acids is 2. The van der Waals surface area contributed by atoms with Crippen molar-refractivity contribution in [2.24, 2.45) is 5.73 Å². The van der Waals surface area contributed by atoms with E-state index in [1.54, 1.807) is 18.2 Å². The number of amides is 2. The summed E-state index contributed by atoms with van der Waals surface area (Å²) in [5, 5.41) is 2.53. The molecule has 0 saturated heterocycles. The zero-order chi connectivity index (χ0) is 15.2. The third kappa shape index (κ3) is 4.04. The van der Waals surface area contributed by atoms with Gasteiger partial charge in [-0.05, 0) is 30.3 Å². The molecule has 2 amide bonds. The number of ether oxygens (including phenoxy) is 1. The summed E-state index contributed by atoms with van der Waals surface area (Å²) in [4.78, 5) is 22.7. The molecule has 6 heteroatoms. The first-order valence-electron chi connectivity index (χ1n) is 6.13. The maximum Gasteiger partial charge on any atom is 0.262 e. The molecule has 0 aromatic heterocycles. The molecule has 21 heavy (non-hydrogen) atoms. The van der Waals surface area contributed by atoms with Crippen LogP contribution in [-0.2, 0) is 4.79 Å². The van der Waals surface area contributed by atoms with Gasteiger partial charge < -0.3 is 15.8 Å². The van der Waals surface area contributed by atoms with Crippen LogP contribution in [0.1, 0.15) is 10.4 Å². The predicted molar refractivity (Wildman–Crippen MR) is 75.5 cm³/mol. The van der Waals surface area contributed by atoms with Gasteiger partial charge in [0.15, 0.2) is 18.2 Å². The van der Waals surface area contributed by atoms with E-state index in [4.69, 9.17) is 10.5 Å². The lowest BCUT2D eigenvalue weighted by Crippen LogP contribution is -2.21. The van der Waals surface area contributed by atoms with Crippen LogP contribution < -0.4 is 15.8 Å². The Hall–Kier alpha value is -2.89. The van der Waals surface area contributed by atoms with Gasteiger partial charge in [0.2, 0.25) is 5.91 Å². The summed E-state index contributed by atoms with van der Waals surface area (Å²) >= 11 is 0. The summed E-state index contributed by atoms with van der Waals surface area (Å²) in [5.74, 6) is -1.60. The average Bonchev–Trinajstić information content (AvgIpc) is 2.46. The molecule has 0 aliphatic rings. The molecule has 0 unspecified atom stereocenters. The maximum atomic E-state index is 13.3. The van der Waals surface area contributed by atoms with E-state index < -0.39 is 17.6 Å². The van der Waals surface area contributed by atoms with Crippen LogP contribution in [0, 0.1) is 5.82 Å². The zero-order valence-corrected chi connectivity index (χ0v) is 11.0. The monoisotopic (exact) mass is 288 g/mol. The summed E-state index contributed by atoms with van der Waals surface area (Å²) in [5.41, 5.74) is 5.84. The molecule has 0 aliphatic heterocycles. The lowest BCUT2D eigenvalue weighted by Gasteiger charge is -2.08.